The van der Waals surface area contributed by atoms with Crippen LogP contribution in [0.5, 0.6) is 0 Å². The summed E-state index contributed by atoms with van der Waals surface area (Å²) < 4.78 is 1.91. The molecule has 0 unspecified atom stereocenters. The summed E-state index contributed by atoms with van der Waals surface area (Å²) in [4.78, 5) is 16.5. The lowest BCUT2D eigenvalue weighted by Gasteiger charge is -2.29. The number of aromatic nitrogens is 2. The van der Waals surface area contributed by atoms with E-state index in [1.54, 1.807) is 6.33 Å². The number of nitrogens with zero attached hydrogens (tertiary/aromatic N) is 2. The van der Waals surface area contributed by atoms with Gasteiger partial charge in [-0.2, -0.15) is 0 Å². The molecule has 1 aliphatic rings. The Morgan fingerprint density at radius 1 is 1.35 bits per heavy atom. The number of nitrogens with one attached hydrogen (secondary N) is 1. The maximum atomic E-state index is 12.2. The van der Waals surface area contributed by atoms with Gasteiger partial charge in [-0.05, 0) is 30.9 Å². The van der Waals surface area contributed by atoms with Crippen molar-refractivity contribution in [3.05, 3.63) is 30.6 Å². The number of carbonyl (C=O) groups is 1. The highest BCUT2D eigenvalue weighted by atomic mass is 16.2. The summed E-state index contributed by atoms with van der Waals surface area (Å²) in [5, 5.41) is 3.18. The van der Waals surface area contributed by atoms with E-state index in [2.05, 4.69) is 17.2 Å². The third-order valence-electron chi connectivity index (χ3n) is 4.30. The molecule has 1 N–H and O–H groups in total. The lowest BCUT2D eigenvalue weighted by Crippen LogP contribution is -2.42. The minimum absolute atomic E-state index is 0.0897. The number of fused-ring (bicyclic) bond motifs is 1. The van der Waals surface area contributed by atoms with Gasteiger partial charge in [-0.25, -0.2) is 4.98 Å². The molecule has 0 radical (unpaired) electrons. The van der Waals surface area contributed by atoms with Gasteiger partial charge in [-0.1, -0.05) is 31.9 Å². The van der Waals surface area contributed by atoms with Gasteiger partial charge in [0.1, 0.15) is 6.54 Å². The van der Waals surface area contributed by atoms with Crippen LogP contribution in [0.3, 0.4) is 0 Å². The predicted molar refractivity (Wildman–Crippen MR) is 79.3 cm³/mol. The molecule has 4 nitrogen and oxygen atoms in total. The van der Waals surface area contributed by atoms with Crippen LogP contribution in [0, 0.1) is 5.92 Å². The van der Waals surface area contributed by atoms with E-state index in [0.29, 0.717) is 18.5 Å². The molecule has 1 heterocycles. The monoisotopic (exact) mass is 271 g/mol. The molecule has 0 aliphatic heterocycles. The summed E-state index contributed by atoms with van der Waals surface area (Å²) in [5.41, 5.74) is 1.95. The van der Waals surface area contributed by atoms with Crippen LogP contribution in [0.1, 0.15) is 32.6 Å². The number of hydrogen-bond acceptors (Lipinski definition) is 2. The summed E-state index contributed by atoms with van der Waals surface area (Å²) in [5.74, 6) is 0.680. The van der Waals surface area contributed by atoms with E-state index in [-0.39, 0.29) is 5.91 Å². The molecule has 1 amide bonds. The normalized spacial score (nSPS) is 22.9. The fourth-order valence-electron chi connectivity index (χ4n) is 3.07. The van der Waals surface area contributed by atoms with Gasteiger partial charge >= 0.3 is 0 Å². The zero-order valence-electron chi connectivity index (χ0n) is 11.9. The Morgan fingerprint density at radius 3 is 3.00 bits per heavy atom. The van der Waals surface area contributed by atoms with E-state index in [4.69, 9.17) is 0 Å². The molecule has 1 aliphatic carbocycles. The molecule has 1 aromatic heterocycles. The summed E-state index contributed by atoms with van der Waals surface area (Å²) in [7, 11) is 0. The fourth-order valence-corrected chi connectivity index (χ4v) is 3.07. The number of carbonyl (C=O) groups excluding carboxylic acids is 1. The average Bonchev–Trinajstić information content (AvgIpc) is 2.85. The number of benzene rings is 1. The Kier molecular flexibility index (Phi) is 3.72. The van der Waals surface area contributed by atoms with E-state index in [9.17, 15) is 4.79 Å². The van der Waals surface area contributed by atoms with E-state index in [0.717, 1.165) is 17.5 Å². The molecule has 1 aromatic carbocycles. The van der Waals surface area contributed by atoms with Crippen molar-refractivity contribution in [2.24, 2.45) is 5.92 Å². The fraction of sp³-hybridized carbons (Fsp3) is 0.500. The first-order chi connectivity index (χ1) is 9.74. The molecule has 0 spiro atoms. The zero-order chi connectivity index (χ0) is 13.9. The summed E-state index contributed by atoms with van der Waals surface area (Å²) in [6, 6.07) is 8.24. The number of amides is 1. The smallest absolute Gasteiger partial charge is 0.240 e. The molecule has 0 bridgehead atoms. The highest BCUT2D eigenvalue weighted by molar-refractivity contribution is 5.80. The number of imidazole rings is 1. The van der Waals surface area contributed by atoms with Gasteiger partial charge in [0.05, 0.1) is 17.4 Å². The van der Waals surface area contributed by atoms with Crippen LogP contribution in [0.2, 0.25) is 0 Å². The maximum absolute atomic E-state index is 12.2. The van der Waals surface area contributed by atoms with Crippen molar-refractivity contribution in [1.29, 1.82) is 0 Å². The second-order valence-electron chi connectivity index (χ2n) is 5.80. The predicted octanol–water partition coefficient (Wildman–Crippen LogP) is 2.73. The quantitative estimate of drug-likeness (QED) is 0.933. The van der Waals surface area contributed by atoms with Gasteiger partial charge in [0.15, 0.2) is 0 Å². The number of rotatable bonds is 3. The topological polar surface area (TPSA) is 46.9 Å². The van der Waals surface area contributed by atoms with Gasteiger partial charge < -0.3 is 9.88 Å². The number of para-hydroxylation sites is 2. The van der Waals surface area contributed by atoms with Gasteiger partial charge in [-0.15, -0.1) is 0 Å². The van der Waals surface area contributed by atoms with Gasteiger partial charge in [0.25, 0.3) is 0 Å². The second kappa shape index (κ2) is 5.65. The summed E-state index contributed by atoms with van der Waals surface area (Å²) >= 11 is 0. The molecule has 1 saturated carbocycles. The van der Waals surface area contributed by atoms with Crippen molar-refractivity contribution in [1.82, 2.24) is 14.9 Å². The molecule has 3 rings (SSSR count). The molecule has 2 aromatic rings. The SMILES string of the molecule is C[C@@H]1CCCC[C@@H]1NC(=O)Cn1cnc2ccccc21. The van der Waals surface area contributed by atoms with Crippen molar-refractivity contribution >= 4 is 16.9 Å². The second-order valence-corrected chi connectivity index (χ2v) is 5.80. The molecular formula is C16H21N3O. The highest BCUT2D eigenvalue weighted by Gasteiger charge is 2.22. The van der Waals surface area contributed by atoms with Gasteiger partial charge in [0.2, 0.25) is 5.91 Å². The van der Waals surface area contributed by atoms with E-state index < -0.39 is 0 Å². The van der Waals surface area contributed by atoms with Crippen molar-refractivity contribution in [2.45, 2.75) is 45.2 Å². The van der Waals surface area contributed by atoms with E-state index in [1.165, 1.54) is 19.3 Å². The van der Waals surface area contributed by atoms with E-state index in [1.807, 2.05) is 28.8 Å². The lowest BCUT2D eigenvalue weighted by molar-refractivity contribution is -0.122. The van der Waals surface area contributed by atoms with Crippen LogP contribution >= 0.6 is 0 Å². The summed E-state index contributed by atoms with van der Waals surface area (Å²) in [6.07, 6.45) is 6.59. The van der Waals surface area contributed by atoms with Crippen molar-refractivity contribution in [2.75, 3.05) is 0 Å². The first-order valence-electron chi connectivity index (χ1n) is 7.43. The molecule has 106 valence electrons. The van der Waals surface area contributed by atoms with Crippen LogP contribution in [0.25, 0.3) is 11.0 Å². The lowest BCUT2D eigenvalue weighted by atomic mass is 9.86. The van der Waals surface area contributed by atoms with Crippen LogP contribution in [0.4, 0.5) is 0 Å². The first-order valence-corrected chi connectivity index (χ1v) is 7.43. The summed E-state index contributed by atoms with van der Waals surface area (Å²) in [6.45, 7) is 2.58. The third kappa shape index (κ3) is 2.69. The maximum Gasteiger partial charge on any atom is 0.240 e. The van der Waals surface area contributed by atoms with Crippen molar-refractivity contribution in [3.8, 4) is 0 Å². The minimum atomic E-state index is 0.0897. The van der Waals surface area contributed by atoms with Crippen LogP contribution in [0.15, 0.2) is 30.6 Å². The van der Waals surface area contributed by atoms with Crippen LogP contribution in [-0.4, -0.2) is 21.5 Å². The van der Waals surface area contributed by atoms with Crippen LogP contribution < -0.4 is 5.32 Å². The van der Waals surface area contributed by atoms with Gasteiger partial charge in [-0.3, -0.25) is 4.79 Å². The van der Waals surface area contributed by atoms with Crippen LogP contribution in [-0.2, 0) is 11.3 Å². The molecule has 20 heavy (non-hydrogen) atoms. The minimum Gasteiger partial charge on any atom is -0.352 e. The zero-order valence-corrected chi connectivity index (χ0v) is 11.9. The van der Waals surface area contributed by atoms with Crippen molar-refractivity contribution in [3.63, 3.8) is 0 Å². The molecule has 1 fully saturated rings. The van der Waals surface area contributed by atoms with Gasteiger partial charge in [0, 0.05) is 6.04 Å². The first kappa shape index (κ1) is 13.2. The Labute approximate surface area is 119 Å². The molecule has 4 heteroatoms. The molecule has 0 saturated heterocycles. The Hall–Kier alpha value is -1.84. The Balaban J connectivity index is 1.66. The molecule has 2 atom stereocenters. The van der Waals surface area contributed by atoms with E-state index >= 15 is 0 Å². The third-order valence-corrected chi connectivity index (χ3v) is 4.30. The largest absolute Gasteiger partial charge is 0.352 e. The standard InChI is InChI=1S/C16H21N3O/c1-12-6-2-3-7-13(12)18-16(20)10-19-11-17-14-8-4-5-9-15(14)19/h4-5,8-9,11-13H,2-3,6-7,10H2,1H3,(H,18,20)/t12-,13+/m1/s1. The molecular weight excluding hydrogens is 250 g/mol. The van der Waals surface area contributed by atoms with Crippen molar-refractivity contribution < 1.29 is 4.79 Å². The Morgan fingerprint density at radius 2 is 2.15 bits per heavy atom. The average molecular weight is 271 g/mol. The highest BCUT2D eigenvalue weighted by Crippen LogP contribution is 2.23. The Bertz CT molecular complexity index is 605. The number of hydrogen-bond donors (Lipinski definition) is 1.